The summed E-state index contributed by atoms with van der Waals surface area (Å²) in [5.41, 5.74) is 36.7. The van der Waals surface area contributed by atoms with E-state index in [1.807, 2.05) is 0 Å². The van der Waals surface area contributed by atoms with E-state index in [1.165, 1.54) is 161 Å². The van der Waals surface area contributed by atoms with E-state index in [0.717, 1.165) is 33.7 Å². The smallest absolute Gasteiger partial charge is 0.145 e. The third-order valence-corrected chi connectivity index (χ3v) is 20.3. The van der Waals surface area contributed by atoms with Crippen LogP contribution >= 0.6 is 0 Å². The molecule has 3 aliphatic rings. The highest BCUT2D eigenvalue weighted by atomic mass is 15.1. The Kier molecular flexibility index (Phi) is 11.4. The lowest BCUT2D eigenvalue weighted by atomic mass is 9.79. The molecular formula is C90H58N2. The molecule has 19 rings (SSSR count). The molecule has 0 aliphatic heterocycles. The van der Waals surface area contributed by atoms with Crippen molar-refractivity contribution in [3.63, 3.8) is 0 Å². The predicted molar refractivity (Wildman–Crippen MR) is 386 cm³/mol. The average Bonchev–Trinajstić information content (AvgIpc) is 1.56. The number of nitrogens with zero attached hydrogens (tertiary/aromatic N) is 2. The number of aromatic nitrogens is 2. The van der Waals surface area contributed by atoms with Crippen molar-refractivity contribution in [2.24, 2.45) is 0 Å². The zero-order chi connectivity index (χ0) is 60.8. The number of rotatable bonds is 9. The summed E-state index contributed by atoms with van der Waals surface area (Å²) in [5.74, 6) is 0.916. The largest absolute Gasteiger partial charge is 0.292 e. The van der Waals surface area contributed by atoms with E-state index >= 15 is 0 Å². The van der Waals surface area contributed by atoms with Crippen LogP contribution in [0.15, 0.2) is 315 Å². The van der Waals surface area contributed by atoms with Crippen LogP contribution < -0.4 is 0 Å². The quantitative estimate of drug-likeness (QED) is 0.141. The van der Waals surface area contributed by atoms with Gasteiger partial charge < -0.3 is 0 Å². The highest BCUT2D eigenvalue weighted by molar-refractivity contribution is 6.24. The highest BCUT2D eigenvalue weighted by Gasteiger charge is 2.37. The molecule has 0 bridgehead atoms. The Balaban J connectivity index is 0.760. The van der Waals surface area contributed by atoms with Gasteiger partial charge in [-0.15, -0.1) is 0 Å². The zero-order valence-electron chi connectivity index (χ0n) is 50.9. The fourth-order valence-electron chi connectivity index (χ4n) is 16.1. The molecule has 0 atom stereocenters. The van der Waals surface area contributed by atoms with Crippen molar-refractivity contribution in [2.75, 3.05) is 0 Å². The Morgan fingerprint density at radius 1 is 0.250 bits per heavy atom. The van der Waals surface area contributed by atoms with Crippen LogP contribution in [0.25, 0.3) is 183 Å². The van der Waals surface area contributed by atoms with Gasteiger partial charge in [-0.25, -0.2) is 4.98 Å². The van der Waals surface area contributed by atoms with Gasteiger partial charge >= 0.3 is 0 Å². The lowest BCUT2D eigenvalue weighted by molar-refractivity contribution is 0.660. The molecule has 15 aromatic carbocycles. The zero-order valence-corrected chi connectivity index (χ0v) is 50.9. The Labute approximate surface area is 535 Å². The maximum Gasteiger partial charge on any atom is 0.145 e. The van der Waals surface area contributed by atoms with Crippen molar-refractivity contribution >= 4 is 32.6 Å². The van der Waals surface area contributed by atoms with E-state index < -0.39 is 0 Å². The molecule has 16 aromatic rings. The van der Waals surface area contributed by atoms with Crippen LogP contribution in [0.1, 0.15) is 25.0 Å². The Morgan fingerprint density at radius 3 is 1.22 bits per heavy atom. The summed E-state index contributed by atoms with van der Waals surface area (Å²) in [6.45, 7) is 4.78. The molecule has 0 radical (unpaired) electrons. The summed E-state index contributed by atoms with van der Waals surface area (Å²) < 4.78 is 2.28. The van der Waals surface area contributed by atoms with Gasteiger partial charge in [0.05, 0.1) is 11.0 Å². The SMILES string of the molecule is CC1(C)c2ccccc2-c2ccc(-c3cc(-c4ccccc4)c4c(c3-c3ccc(-c5ccc(-c6cc(-c7ccc(-c8nc9ccccc9n8-c8ccccc8)cc7)c(-c7ccccc7)c7c6-c6cccc8cccc-7c68)cc5)cc3)-c3cccc5cccc-4c35)cc21. The van der Waals surface area contributed by atoms with Crippen molar-refractivity contribution in [3.05, 3.63) is 327 Å². The van der Waals surface area contributed by atoms with Gasteiger partial charge in [-0.1, -0.05) is 287 Å². The number of fused-ring (bicyclic) bond motifs is 10. The maximum absolute atomic E-state index is 5.25. The van der Waals surface area contributed by atoms with Gasteiger partial charge in [0, 0.05) is 16.7 Å². The Hall–Kier alpha value is -11.7. The monoisotopic (exact) mass is 1170 g/mol. The van der Waals surface area contributed by atoms with Crippen LogP contribution in [-0.4, -0.2) is 9.55 Å². The fraction of sp³-hybridized carbons (Fsp3) is 0.0333. The Morgan fingerprint density at radius 2 is 0.641 bits per heavy atom. The molecule has 1 aromatic heterocycles. The predicted octanol–water partition coefficient (Wildman–Crippen LogP) is 24.3. The van der Waals surface area contributed by atoms with Gasteiger partial charge in [-0.05, 0) is 209 Å². The topological polar surface area (TPSA) is 17.8 Å². The summed E-state index contributed by atoms with van der Waals surface area (Å²) in [6.07, 6.45) is 0. The van der Waals surface area contributed by atoms with E-state index in [9.17, 15) is 0 Å². The first-order valence-electron chi connectivity index (χ1n) is 32.1. The van der Waals surface area contributed by atoms with Crippen molar-refractivity contribution < 1.29 is 0 Å². The van der Waals surface area contributed by atoms with Gasteiger partial charge in [0.1, 0.15) is 5.82 Å². The molecule has 2 nitrogen and oxygen atoms in total. The molecule has 0 saturated heterocycles. The molecule has 92 heavy (non-hydrogen) atoms. The van der Waals surface area contributed by atoms with E-state index in [1.54, 1.807) is 0 Å². The van der Waals surface area contributed by atoms with Gasteiger partial charge in [0.2, 0.25) is 0 Å². The molecule has 0 N–H and O–H groups in total. The molecule has 0 fully saturated rings. The number of hydrogen-bond donors (Lipinski definition) is 0. The van der Waals surface area contributed by atoms with Crippen LogP contribution in [0.2, 0.25) is 0 Å². The average molecular weight is 1170 g/mol. The van der Waals surface area contributed by atoms with Gasteiger partial charge in [0.25, 0.3) is 0 Å². The molecule has 0 spiro atoms. The first-order chi connectivity index (χ1) is 45.4. The second-order valence-corrected chi connectivity index (χ2v) is 25.6. The van der Waals surface area contributed by atoms with E-state index in [4.69, 9.17) is 4.98 Å². The summed E-state index contributed by atoms with van der Waals surface area (Å²) in [5, 5.41) is 5.15. The van der Waals surface area contributed by atoms with E-state index in [0.29, 0.717) is 0 Å². The van der Waals surface area contributed by atoms with E-state index in [-0.39, 0.29) is 5.41 Å². The molecule has 1 heterocycles. The lowest BCUT2D eigenvalue weighted by Crippen LogP contribution is -2.14. The van der Waals surface area contributed by atoms with Crippen molar-refractivity contribution in [1.82, 2.24) is 9.55 Å². The second-order valence-electron chi connectivity index (χ2n) is 25.6. The molecule has 0 saturated carbocycles. The first-order valence-corrected chi connectivity index (χ1v) is 32.1. The van der Waals surface area contributed by atoms with Crippen LogP contribution in [0.3, 0.4) is 0 Å². The molecule has 2 heteroatoms. The molecular weight excluding hydrogens is 1110 g/mol. The normalized spacial score (nSPS) is 12.8. The summed E-state index contributed by atoms with van der Waals surface area (Å²) >= 11 is 0. The third kappa shape index (κ3) is 7.77. The van der Waals surface area contributed by atoms with Gasteiger partial charge in [0.15, 0.2) is 0 Å². The first kappa shape index (κ1) is 52.2. The van der Waals surface area contributed by atoms with Gasteiger partial charge in [-0.2, -0.15) is 0 Å². The molecule has 428 valence electrons. The number of para-hydroxylation sites is 3. The maximum atomic E-state index is 5.25. The standard InChI is InChI=1S/C90H58N2/c1-90(2)77-35-13-12-30-67(77)68-51-50-65(52-78(68)90)76-54-74(57-20-6-3-7-21-57)85-69-31-16-24-60-27-19-34-72(81(60)69)88(85)84(76)63-46-40-56(41-47-63)55-38-42-59(43-39-55)75-53-73(83(62-22-8-4-9-23-62)87-71-33-18-26-61-25-17-32-70(82(61)71)86(75)87)58-44-48-64(49-45-58)89-91-79-36-14-15-37-80(79)92(89)66-28-10-5-11-29-66/h3-54H,1-2H3. The van der Waals surface area contributed by atoms with Crippen molar-refractivity contribution in [2.45, 2.75) is 19.3 Å². The molecule has 0 unspecified atom stereocenters. The molecule has 3 aliphatic carbocycles. The summed E-state index contributed by atoms with van der Waals surface area (Å²) in [6, 6.07) is 118. The Bertz CT molecular complexity index is 5700. The number of benzene rings is 15. The third-order valence-electron chi connectivity index (χ3n) is 20.3. The summed E-state index contributed by atoms with van der Waals surface area (Å²) in [4.78, 5) is 5.25. The van der Waals surface area contributed by atoms with Crippen LogP contribution in [0, 0.1) is 0 Å². The van der Waals surface area contributed by atoms with Crippen LogP contribution in [0.5, 0.6) is 0 Å². The minimum absolute atomic E-state index is 0.147. The van der Waals surface area contributed by atoms with Crippen molar-refractivity contribution in [1.29, 1.82) is 0 Å². The lowest BCUT2D eigenvalue weighted by Gasteiger charge is -2.24. The van der Waals surface area contributed by atoms with E-state index in [2.05, 4.69) is 334 Å². The molecule has 0 amide bonds. The van der Waals surface area contributed by atoms with Crippen molar-refractivity contribution in [3.8, 4) is 151 Å². The number of hydrogen-bond acceptors (Lipinski definition) is 1. The highest BCUT2D eigenvalue weighted by Crippen LogP contribution is 2.60. The minimum Gasteiger partial charge on any atom is -0.292 e. The number of imidazole rings is 1. The minimum atomic E-state index is -0.147. The van der Waals surface area contributed by atoms with Crippen LogP contribution in [-0.2, 0) is 5.41 Å². The second kappa shape index (κ2) is 20.2. The fourth-order valence-corrected chi connectivity index (χ4v) is 16.1. The van der Waals surface area contributed by atoms with Gasteiger partial charge in [-0.3, -0.25) is 4.57 Å². The summed E-state index contributed by atoms with van der Waals surface area (Å²) in [7, 11) is 0. The van der Waals surface area contributed by atoms with Crippen LogP contribution in [0.4, 0.5) is 0 Å².